The highest BCUT2D eigenvalue weighted by Gasteiger charge is 2.30. The minimum Gasteiger partial charge on any atom is -0.352 e. The Labute approximate surface area is 195 Å². The van der Waals surface area contributed by atoms with Crippen molar-refractivity contribution in [3.05, 3.63) is 107 Å². The second kappa shape index (κ2) is 12.0. The first-order chi connectivity index (χ1) is 16.0. The number of carbonyl (C=O) groups excluding carboxylic acids is 2. The smallest absolute Gasteiger partial charge is 0.243 e. The summed E-state index contributed by atoms with van der Waals surface area (Å²) >= 11 is 0. The van der Waals surface area contributed by atoms with E-state index in [1.807, 2.05) is 74.5 Å². The maximum Gasteiger partial charge on any atom is 0.243 e. The van der Waals surface area contributed by atoms with Crippen molar-refractivity contribution in [3.63, 3.8) is 0 Å². The molecule has 4 nitrogen and oxygen atoms in total. The first kappa shape index (κ1) is 24.2. The van der Waals surface area contributed by atoms with Crippen LogP contribution in [0.5, 0.6) is 0 Å². The van der Waals surface area contributed by atoms with E-state index in [0.717, 1.165) is 17.5 Å². The second-order valence-corrected chi connectivity index (χ2v) is 8.33. The Balaban J connectivity index is 1.94. The monoisotopic (exact) mass is 446 g/mol. The van der Waals surface area contributed by atoms with Crippen molar-refractivity contribution in [1.82, 2.24) is 10.2 Å². The zero-order valence-corrected chi connectivity index (χ0v) is 19.2. The molecule has 1 N–H and O–H groups in total. The highest BCUT2D eigenvalue weighted by molar-refractivity contribution is 5.89. The fourth-order valence-electron chi connectivity index (χ4n) is 3.65. The SMILES string of the molecule is CC[C@@H](C)NC(=O)[C@@H](Cc1ccccc1)N(Cc1ccccc1)C(=O)Cc1ccc(F)cc1. The largest absolute Gasteiger partial charge is 0.352 e. The van der Waals surface area contributed by atoms with Crippen molar-refractivity contribution in [2.45, 2.75) is 51.7 Å². The summed E-state index contributed by atoms with van der Waals surface area (Å²) in [6.45, 7) is 4.28. The normalized spacial score (nSPS) is 12.6. The minimum absolute atomic E-state index is 0.00143. The minimum atomic E-state index is -0.672. The average Bonchev–Trinajstić information content (AvgIpc) is 2.83. The molecule has 0 bridgehead atoms. The van der Waals surface area contributed by atoms with Crippen LogP contribution in [0.2, 0.25) is 0 Å². The van der Waals surface area contributed by atoms with Crippen molar-refractivity contribution in [2.24, 2.45) is 0 Å². The summed E-state index contributed by atoms with van der Waals surface area (Å²) in [6, 6.07) is 24.6. The highest BCUT2D eigenvalue weighted by atomic mass is 19.1. The van der Waals surface area contributed by atoms with Crippen LogP contribution in [0.3, 0.4) is 0 Å². The zero-order chi connectivity index (χ0) is 23.6. The summed E-state index contributed by atoms with van der Waals surface area (Å²) in [5.74, 6) is -0.690. The Morgan fingerprint density at radius 3 is 2.00 bits per heavy atom. The molecule has 2 amide bonds. The third-order valence-corrected chi connectivity index (χ3v) is 5.74. The van der Waals surface area contributed by atoms with Gasteiger partial charge in [0, 0.05) is 19.0 Å². The summed E-state index contributed by atoms with van der Waals surface area (Å²) in [5.41, 5.74) is 2.63. The number of halogens is 1. The number of hydrogen-bond donors (Lipinski definition) is 1. The molecule has 3 rings (SSSR count). The number of amides is 2. The van der Waals surface area contributed by atoms with Crippen LogP contribution in [0.4, 0.5) is 4.39 Å². The summed E-state index contributed by atoms with van der Waals surface area (Å²) in [6.07, 6.45) is 1.30. The van der Waals surface area contributed by atoms with E-state index in [-0.39, 0.29) is 30.1 Å². The fourth-order valence-corrected chi connectivity index (χ4v) is 3.65. The van der Waals surface area contributed by atoms with Gasteiger partial charge in [0.2, 0.25) is 11.8 Å². The maximum atomic E-state index is 13.5. The van der Waals surface area contributed by atoms with Crippen molar-refractivity contribution < 1.29 is 14.0 Å². The second-order valence-electron chi connectivity index (χ2n) is 8.33. The Morgan fingerprint density at radius 2 is 1.42 bits per heavy atom. The third kappa shape index (κ3) is 7.28. The molecule has 33 heavy (non-hydrogen) atoms. The van der Waals surface area contributed by atoms with Gasteiger partial charge in [0.15, 0.2) is 0 Å². The summed E-state index contributed by atoms with van der Waals surface area (Å²) in [7, 11) is 0. The van der Waals surface area contributed by atoms with E-state index < -0.39 is 6.04 Å². The van der Waals surface area contributed by atoms with Gasteiger partial charge in [-0.2, -0.15) is 0 Å². The average molecular weight is 447 g/mol. The van der Waals surface area contributed by atoms with Gasteiger partial charge in [-0.25, -0.2) is 4.39 Å². The molecule has 0 saturated carbocycles. The molecule has 3 aromatic carbocycles. The van der Waals surface area contributed by atoms with E-state index in [9.17, 15) is 14.0 Å². The topological polar surface area (TPSA) is 49.4 Å². The van der Waals surface area contributed by atoms with E-state index in [1.165, 1.54) is 12.1 Å². The van der Waals surface area contributed by atoms with Gasteiger partial charge < -0.3 is 10.2 Å². The van der Waals surface area contributed by atoms with Crippen molar-refractivity contribution in [3.8, 4) is 0 Å². The lowest BCUT2D eigenvalue weighted by Gasteiger charge is -2.32. The van der Waals surface area contributed by atoms with Crippen LogP contribution in [0, 0.1) is 5.82 Å². The Hall–Kier alpha value is -3.47. The molecule has 172 valence electrons. The molecule has 5 heteroatoms. The van der Waals surface area contributed by atoms with Crippen molar-refractivity contribution >= 4 is 11.8 Å². The molecular formula is C28H31FN2O2. The Bertz CT molecular complexity index is 1020. The number of hydrogen-bond acceptors (Lipinski definition) is 2. The number of carbonyl (C=O) groups is 2. The van der Waals surface area contributed by atoms with Gasteiger partial charge in [-0.1, -0.05) is 79.7 Å². The Morgan fingerprint density at radius 1 is 0.848 bits per heavy atom. The first-order valence-corrected chi connectivity index (χ1v) is 11.4. The maximum absolute atomic E-state index is 13.5. The molecule has 0 saturated heterocycles. The number of rotatable bonds is 10. The molecule has 0 aromatic heterocycles. The summed E-state index contributed by atoms with van der Waals surface area (Å²) in [5, 5.41) is 3.06. The van der Waals surface area contributed by atoms with Crippen molar-refractivity contribution in [2.75, 3.05) is 0 Å². The molecule has 0 fully saturated rings. The Kier molecular flexibility index (Phi) is 8.76. The van der Waals surface area contributed by atoms with Crippen LogP contribution in [-0.2, 0) is 29.0 Å². The summed E-state index contributed by atoms with van der Waals surface area (Å²) < 4.78 is 13.4. The molecule has 0 spiro atoms. The molecule has 0 aliphatic rings. The fraction of sp³-hybridized carbons (Fsp3) is 0.286. The van der Waals surface area contributed by atoms with Crippen LogP contribution in [0.25, 0.3) is 0 Å². The van der Waals surface area contributed by atoms with Crippen LogP contribution < -0.4 is 5.32 Å². The molecule has 0 aliphatic heterocycles. The van der Waals surface area contributed by atoms with Gasteiger partial charge >= 0.3 is 0 Å². The highest BCUT2D eigenvalue weighted by Crippen LogP contribution is 2.17. The molecule has 0 radical (unpaired) electrons. The van der Waals surface area contributed by atoms with E-state index in [1.54, 1.807) is 17.0 Å². The van der Waals surface area contributed by atoms with Crippen LogP contribution in [-0.4, -0.2) is 28.8 Å². The van der Waals surface area contributed by atoms with Gasteiger partial charge in [0.1, 0.15) is 11.9 Å². The predicted molar refractivity (Wildman–Crippen MR) is 129 cm³/mol. The molecular weight excluding hydrogens is 415 g/mol. The van der Waals surface area contributed by atoms with Gasteiger partial charge in [-0.15, -0.1) is 0 Å². The van der Waals surface area contributed by atoms with E-state index >= 15 is 0 Å². The third-order valence-electron chi connectivity index (χ3n) is 5.74. The molecule has 2 atom stereocenters. The number of benzene rings is 3. The van der Waals surface area contributed by atoms with Crippen LogP contribution >= 0.6 is 0 Å². The quantitative estimate of drug-likeness (QED) is 0.480. The summed E-state index contributed by atoms with van der Waals surface area (Å²) in [4.78, 5) is 28.6. The number of nitrogens with zero attached hydrogens (tertiary/aromatic N) is 1. The van der Waals surface area contributed by atoms with Gasteiger partial charge in [0.25, 0.3) is 0 Å². The van der Waals surface area contributed by atoms with Crippen molar-refractivity contribution in [1.29, 1.82) is 0 Å². The van der Waals surface area contributed by atoms with E-state index in [4.69, 9.17) is 0 Å². The predicted octanol–water partition coefficient (Wildman–Crippen LogP) is 4.92. The van der Waals surface area contributed by atoms with Crippen LogP contribution in [0.15, 0.2) is 84.9 Å². The zero-order valence-electron chi connectivity index (χ0n) is 19.2. The lowest BCUT2D eigenvalue weighted by Crippen LogP contribution is -2.52. The van der Waals surface area contributed by atoms with E-state index in [0.29, 0.717) is 18.5 Å². The van der Waals surface area contributed by atoms with E-state index in [2.05, 4.69) is 5.32 Å². The van der Waals surface area contributed by atoms with Gasteiger partial charge in [-0.3, -0.25) is 9.59 Å². The molecule has 0 aliphatic carbocycles. The first-order valence-electron chi connectivity index (χ1n) is 11.4. The molecule has 0 unspecified atom stereocenters. The lowest BCUT2D eigenvalue weighted by molar-refractivity contribution is -0.141. The molecule has 0 heterocycles. The van der Waals surface area contributed by atoms with Crippen LogP contribution in [0.1, 0.15) is 37.0 Å². The molecule has 3 aromatic rings. The number of nitrogens with one attached hydrogen (secondary N) is 1. The lowest BCUT2D eigenvalue weighted by atomic mass is 10.0. The standard InChI is InChI=1S/C28H31FN2O2/c1-3-21(2)30-28(33)26(18-22-10-6-4-7-11-22)31(20-24-12-8-5-9-13-24)27(32)19-23-14-16-25(29)17-15-23/h4-17,21,26H,3,18-20H2,1-2H3,(H,30,33)/t21-,26-/m1/s1. The van der Waals surface area contributed by atoms with Gasteiger partial charge in [-0.05, 0) is 42.2 Å². The van der Waals surface area contributed by atoms with Gasteiger partial charge in [0.05, 0.1) is 6.42 Å².